The van der Waals surface area contributed by atoms with Gasteiger partial charge in [0, 0.05) is 0 Å². The van der Waals surface area contributed by atoms with Crippen molar-refractivity contribution in [2.45, 2.75) is 7.82 Å². The SMILES string of the molecule is O=S1[C@](F)(Br)C(F)=C(F)[C@@]1(F)Br. The lowest BCUT2D eigenvalue weighted by Gasteiger charge is -2.11. The van der Waals surface area contributed by atoms with Crippen LogP contribution < -0.4 is 0 Å². The molecule has 0 saturated heterocycles. The Bertz CT molecular complexity index is 261. The fraction of sp³-hybridized carbons (Fsp3) is 0.500. The zero-order chi connectivity index (χ0) is 9.73. The van der Waals surface area contributed by atoms with Gasteiger partial charge in [0.2, 0.25) is 0 Å². The van der Waals surface area contributed by atoms with Crippen molar-refractivity contribution < 1.29 is 21.8 Å². The van der Waals surface area contributed by atoms with Gasteiger partial charge in [-0.25, -0.2) is 17.6 Å². The summed E-state index contributed by atoms with van der Waals surface area (Å²) in [5.41, 5.74) is 0. The molecule has 8 heteroatoms. The highest BCUT2D eigenvalue weighted by Gasteiger charge is 2.63. The van der Waals surface area contributed by atoms with E-state index in [9.17, 15) is 21.8 Å². The first-order valence-corrected chi connectivity index (χ1v) is 5.19. The monoisotopic (exact) mass is 330 g/mol. The van der Waals surface area contributed by atoms with Gasteiger partial charge in [-0.1, -0.05) is 0 Å². The number of hydrogen-bond acceptors (Lipinski definition) is 1. The van der Waals surface area contributed by atoms with E-state index in [1.165, 1.54) is 0 Å². The van der Waals surface area contributed by atoms with Crippen molar-refractivity contribution in [3.63, 3.8) is 0 Å². The fourth-order valence-electron chi connectivity index (χ4n) is 0.579. The smallest absolute Gasteiger partial charge is 0.250 e. The average Bonchev–Trinajstić information content (AvgIpc) is 2.06. The minimum atomic E-state index is -3.28. The highest BCUT2D eigenvalue weighted by Crippen LogP contribution is 2.54. The molecule has 1 heterocycles. The van der Waals surface area contributed by atoms with E-state index < -0.39 is 30.3 Å². The van der Waals surface area contributed by atoms with E-state index in [1.807, 2.05) is 31.9 Å². The third kappa shape index (κ3) is 1.19. The number of rotatable bonds is 0. The summed E-state index contributed by atoms with van der Waals surface area (Å²) in [5.74, 6) is -4.08. The summed E-state index contributed by atoms with van der Waals surface area (Å²) in [6.45, 7) is 0. The molecule has 0 aromatic rings. The minimum absolute atomic E-state index is 1.98. The Morgan fingerprint density at radius 1 is 1.08 bits per heavy atom. The molecule has 0 fully saturated rings. The maximum Gasteiger partial charge on any atom is 0.296 e. The van der Waals surface area contributed by atoms with Crippen LogP contribution in [0, 0.1) is 0 Å². The fourth-order valence-corrected chi connectivity index (χ4v) is 3.74. The molecule has 2 atom stereocenters. The predicted octanol–water partition coefficient (Wildman–Crippen LogP) is 2.94. The van der Waals surface area contributed by atoms with E-state index in [1.54, 1.807) is 0 Å². The van der Waals surface area contributed by atoms with Gasteiger partial charge in [-0.05, 0) is 31.9 Å². The number of hydrogen-bond donors (Lipinski definition) is 0. The van der Waals surface area contributed by atoms with Gasteiger partial charge in [0.05, 0.1) is 0 Å². The Morgan fingerprint density at radius 3 is 1.42 bits per heavy atom. The maximum absolute atomic E-state index is 12.8. The van der Waals surface area contributed by atoms with Crippen molar-refractivity contribution in [1.29, 1.82) is 0 Å². The minimum Gasteiger partial charge on any atom is -0.250 e. The molecule has 0 radical (unpaired) electrons. The summed E-state index contributed by atoms with van der Waals surface area (Å²) in [5, 5.41) is 0. The van der Waals surface area contributed by atoms with Crippen LogP contribution in [0.25, 0.3) is 0 Å². The summed E-state index contributed by atoms with van der Waals surface area (Å²) in [6, 6.07) is 0. The normalized spacial score (nSPS) is 44.2. The molecule has 1 rings (SSSR count). The first-order chi connectivity index (χ1) is 5.22. The lowest BCUT2D eigenvalue weighted by atomic mass is 10.5. The number of alkyl halides is 4. The van der Waals surface area contributed by atoms with Crippen LogP contribution in [-0.4, -0.2) is 12.0 Å². The molecular weight excluding hydrogens is 332 g/mol. The van der Waals surface area contributed by atoms with Gasteiger partial charge in [-0.15, -0.1) is 0 Å². The van der Waals surface area contributed by atoms with Gasteiger partial charge >= 0.3 is 0 Å². The first kappa shape index (κ1) is 10.6. The second-order valence-corrected chi connectivity index (χ2v) is 6.83. The van der Waals surface area contributed by atoms with Crippen molar-refractivity contribution in [3.05, 3.63) is 11.7 Å². The Morgan fingerprint density at radius 2 is 1.33 bits per heavy atom. The molecule has 0 saturated carbocycles. The van der Waals surface area contributed by atoms with Crippen LogP contribution in [0.1, 0.15) is 0 Å². The lowest BCUT2D eigenvalue weighted by molar-refractivity contribution is 0.364. The van der Waals surface area contributed by atoms with Gasteiger partial charge in [0.1, 0.15) is 10.8 Å². The standard InChI is InChI=1S/C4Br2F4OS/c5-3(9)1(7)2(8)4(6,10)12(3)11/t3-,4-/m0/s1. The van der Waals surface area contributed by atoms with Gasteiger partial charge in [0.15, 0.2) is 11.7 Å². The zero-order valence-corrected chi connectivity index (χ0v) is 9.07. The van der Waals surface area contributed by atoms with Crippen LogP contribution in [0.2, 0.25) is 0 Å². The zero-order valence-electron chi connectivity index (χ0n) is 5.08. The molecule has 0 spiro atoms. The third-order valence-electron chi connectivity index (χ3n) is 1.17. The molecule has 12 heavy (non-hydrogen) atoms. The molecule has 0 amide bonds. The molecule has 0 bridgehead atoms. The van der Waals surface area contributed by atoms with Crippen molar-refractivity contribution in [3.8, 4) is 0 Å². The van der Waals surface area contributed by atoms with Crippen LogP contribution in [0.15, 0.2) is 11.7 Å². The largest absolute Gasteiger partial charge is 0.296 e. The molecule has 1 nitrogen and oxygen atoms in total. The van der Waals surface area contributed by atoms with E-state index in [-0.39, 0.29) is 0 Å². The van der Waals surface area contributed by atoms with Crippen molar-refractivity contribution >= 4 is 42.7 Å². The second kappa shape index (κ2) is 2.78. The molecule has 0 unspecified atom stereocenters. The average molecular weight is 332 g/mol. The summed E-state index contributed by atoms with van der Waals surface area (Å²) in [6.07, 6.45) is 0. The van der Waals surface area contributed by atoms with Gasteiger partial charge in [-0.3, -0.25) is 4.21 Å². The quantitative estimate of drug-likeness (QED) is 0.493. The topological polar surface area (TPSA) is 17.1 Å². The highest BCUT2D eigenvalue weighted by molar-refractivity contribution is 9.13. The van der Waals surface area contributed by atoms with Gasteiger partial charge < -0.3 is 0 Å². The van der Waals surface area contributed by atoms with Crippen LogP contribution in [0.3, 0.4) is 0 Å². The molecule has 1 aliphatic heterocycles. The van der Waals surface area contributed by atoms with Crippen molar-refractivity contribution in [1.82, 2.24) is 0 Å². The Labute approximate surface area is 83.9 Å². The van der Waals surface area contributed by atoms with Crippen LogP contribution >= 0.6 is 31.9 Å². The Hall–Kier alpha value is 0.570. The van der Waals surface area contributed by atoms with E-state index in [0.717, 1.165) is 0 Å². The summed E-state index contributed by atoms with van der Waals surface area (Å²) >= 11 is 3.96. The van der Waals surface area contributed by atoms with E-state index in [4.69, 9.17) is 0 Å². The third-order valence-corrected chi connectivity index (χ3v) is 4.92. The molecule has 0 N–H and O–H groups in total. The molecule has 0 aromatic carbocycles. The molecule has 1 aliphatic rings. The summed E-state index contributed by atoms with van der Waals surface area (Å²) in [7, 11) is -3.03. The molecule has 70 valence electrons. The van der Waals surface area contributed by atoms with Crippen LogP contribution in [-0.2, 0) is 10.8 Å². The lowest BCUT2D eigenvalue weighted by Crippen LogP contribution is -2.26. The van der Waals surface area contributed by atoms with Gasteiger partial charge in [-0.2, -0.15) is 0 Å². The van der Waals surface area contributed by atoms with Crippen molar-refractivity contribution in [2.24, 2.45) is 0 Å². The number of halogens is 6. The summed E-state index contributed by atoms with van der Waals surface area (Å²) in [4.78, 5) is 0. The van der Waals surface area contributed by atoms with Crippen LogP contribution in [0.4, 0.5) is 17.6 Å². The van der Waals surface area contributed by atoms with E-state index >= 15 is 0 Å². The Balaban J connectivity index is 3.31. The first-order valence-electron chi connectivity index (χ1n) is 2.46. The molecule has 0 aliphatic carbocycles. The van der Waals surface area contributed by atoms with E-state index in [0.29, 0.717) is 0 Å². The van der Waals surface area contributed by atoms with Crippen LogP contribution in [0.5, 0.6) is 0 Å². The summed E-state index contributed by atoms with van der Waals surface area (Å²) < 4.78 is 54.7. The molecular formula is C4Br2F4OS. The van der Waals surface area contributed by atoms with E-state index in [2.05, 4.69) is 0 Å². The second-order valence-electron chi connectivity index (χ2n) is 1.93. The predicted molar refractivity (Wildman–Crippen MR) is 42.9 cm³/mol. The maximum atomic E-state index is 12.8. The molecule has 0 aromatic heterocycles. The Kier molecular flexibility index (Phi) is 2.47. The highest BCUT2D eigenvalue weighted by atomic mass is 79.9. The van der Waals surface area contributed by atoms with Crippen molar-refractivity contribution in [2.75, 3.05) is 0 Å². The van der Waals surface area contributed by atoms with Gasteiger partial charge in [0.25, 0.3) is 7.82 Å².